The number of likely N-dealkylation sites (tertiary alicyclic amines) is 1. The van der Waals surface area contributed by atoms with E-state index in [9.17, 15) is 4.79 Å². The number of rotatable bonds is 3. The molecule has 2 saturated heterocycles. The van der Waals surface area contributed by atoms with Gasteiger partial charge in [-0.3, -0.25) is 0 Å². The number of hydrogen-bond donors (Lipinski definition) is 2. The van der Waals surface area contributed by atoms with Crippen molar-refractivity contribution >= 4 is 29.0 Å². The number of carbonyl (C=O) groups excluding carboxylic acids is 3. The van der Waals surface area contributed by atoms with Crippen molar-refractivity contribution in [3.8, 4) is 0 Å². The van der Waals surface area contributed by atoms with E-state index >= 15 is 0 Å². The van der Waals surface area contributed by atoms with E-state index in [2.05, 4.69) is 56.4 Å². The van der Waals surface area contributed by atoms with Gasteiger partial charge in [-0.25, -0.2) is 14.8 Å². The second-order valence-electron chi connectivity index (χ2n) is 8.12. The number of amides is 2. The van der Waals surface area contributed by atoms with E-state index in [4.69, 9.17) is 9.59 Å². The molecule has 0 bridgehead atoms. The summed E-state index contributed by atoms with van der Waals surface area (Å²) in [5, 5.41) is 4.17. The molecule has 1 aromatic carbocycles. The lowest BCUT2D eigenvalue weighted by molar-refractivity contribution is -0.191. The van der Waals surface area contributed by atoms with Gasteiger partial charge >= 0.3 is 12.2 Å². The lowest BCUT2D eigenvalue weighted by Crippen LogP contribution is -2.54. The van der Waals surface area contributed by atoms with Crippen LogP contribution in [0.25, 0.3) is 11.0 Å². The number of fused-ring (bicyclic) bond motifs is 2. The highest BCUT2D eigenvalue weighted by molar-refractivity contribution is 5.87. The highest BCUT2D eigenvalue weighted by Gasteiger charge is 2.42. The lowest BCUT2D eigenvalue weighted by atomic mass is 9.97. The first-order valence-electron chi connectivity index (χ1n) is 10.8. The predicted molar refractivity (Wildman–Crippen MR) is 118 cm³/mol. The molecule has 2 fully saturated rings. The van der Waals surface area contributed by atoms with E-state index < -0.39 is 0 Å². The standard InChI is InChI=1S/C22H26N6O.CO2/c1-15-4-6-16(7-5-15)13-24-22(29)28-11-2-3-18-19(28)9-12-27(18)21-17-8-10-23-20(17)25-14-26-21;2-1-3/h4-8,10,14,18-19H,2-3,9,11-13H2,1H3,(H,24,29)(H,23,25,26);/t18-,19?;/m1./s1. The molecule has 0 saturated carbocycles. The van der Waals surface area contributed by atoms with Gasteiger partial charge in [-0.15, -0.1) is 0 Å². The second-order valence-corrected chi connectivity index (χ2v) is 8.12. The van der Waals surface area contributed by atoms with Crippen LogP contribution in [0, 0.1) is 6.92 Å². The normalized spacial score (nSPS) is 19.7. The minimum absolute atomic E-state index is 0.0385. The number of aryl methyl sites for hydroxylation is 1. The largest absolute Gasteiger partial charge is 0.373 e. The Kier molecular flexibility index (Phi) is 6.47. The Hall–Kier alpha value is -3.71. The van der Waals surface area contributed by atoms with Gasteiger partial charge in [0, 0.05) is 25.8 Å². The van der Waals surface area contributed by atoms with Crippen LogP contribution in [0.4, 0.5) is 10.6 Å². The van der Waals surface area contributed by atoms with Crippen molar-refractivity contribution in [2.45, 2.75) is 44.8 Å². The number of benzene rings is 1. The minimum atomic E-state index is 0.0385. The summed E-state index contributed by atoms with van der Waals surface area (Å²) in [7, 11) is 0. The van der Waals surface area contributed by atoms with E-state index in [0.717, 1.165) is 54.8 Å². The molecule has 1 unspecified atom stereocenters. The fourth-order valence-electron chi connectivity index (χ4n) is 4.77. The fourth-order valence-corrected chi connectivity index (χ4v) is 4.77. The number of urea groups is 1. The Bertz CT molecular complexity index is 1110. The van der Waals surface area contributed by atoms with Gasteiger partial charge in [0.25, 0.3) is 0 Å². The number of hydrogen-bond acceptors (Lipinski definition) is 6. The molecule has 0 aliphatic carbocycles. The molecule has 2 aliphatic heterocycles. The van der Waals surface area contributed by atoms with Gasteiger partial charge in [0.2, 0.25) is 0 Å². The SMILES string of the molecule is Cc1ccc(CNC(=O)N2CCC[C@@H]3C2CCN3c2ncnc3[nH]ccc23)cc1.O=C=O. The fraction of sp³-hybridized carbons (Fsp3) is 0.391. The van der Waals surface area contributed by atoms with Crippen molar-refractivity contribution in [3.05, 3.63) is 54.0 Å². The van der Waals surface area contributed by atoms with E-state index in [1.807, 2.05) is 17.2 Å². The van der Waals surface area contributed by atoms with Gasteiger partial charge in [-0.1, -0.05) is 29.8 Å². The molecule has 0 spiro atoms. The molecule has 3 aromatic rings. The van der Waals surface area contributed by atoms with Gasteiger partial charge in [-0.2, -0.15) is 9.59 Å². The zero-order chi connectivity index (χ0) is 22.5. The average molecular weight is 435 g/mol. The summed E-state index contributed by atoms with van der Waals surface area (Å²) >= 11 is 0. The zero-order valence-corrected chi connectivity index (χ0v) is 18.0. The minimum Gasteiger partial charge on any atom is -0.351 e. The maximum absolute atomic E-state index is 13.0. The Morgan fingerprint density at radius 3 is 2.69 bits per heavy atom. The Balaban J connectivity index is 0.000000775. The van der Waals surface area contributed by atoms with E-state index in [-0.39, 0.29) is 18.2 Å². The van der Waals surface area contributed by atoms with Crippen LogP contribution in [-0.4, -0.2) is 57.2 Å². The number of carbonyl (C=O) groups is 1. The van der Waals surface area contributed by atoms with Crippen molar-refractivity contribution in [3.63, 3.8) is 0 Å². The maximum Gasteiger partial charge on any atom is 0.373 e. The smallest absolute Gasteiger partial charge is 0.351 e. The quantitative estimate of drug-likeness (QED) is 0.656. The number of nitrogens with zero attached hydrogens (tertiary/aromatic N) is 4. The molecule has 5 rings (SSSR count). The molecule has 2 amide bonds. The number of piperidine rings is 1. The van der Waals surface area contributed by atoms with Crippen LogP contribution in [0.5, 0.6) is 0 Å². The summed E-state index contributed by atoms with van der Waals surface area (Å²) in [6, 6.07) is 10.9. The van der Waals surface area contributed by atoms with Crippen LogP contribution < -0.4 is 10.2 Å². The molecule has 4 heterocycles. The van der Waals surface area contributed by atoms with Crippen LogP contribution >= 0.6 is 0 Å². The van der Waals surface area contributed by atoms with E-state index in [1.54, 1.807) is 6.33 Å². The van der Waals surface area contributed by atoms with Crippen LogP contribution in [0.3, 0.4) is 0 Å². The molecule has 32 heavy (non-hydrogen) atoms. The first kappa shape index (κ1) is 21.5. The first-order chi connectivity index (χ1) is 15.6. The highest BCUT2D eigenvalue weighted by atomic mass is 16.2. The molecular weight excluding hydrogens is 408 g/mol. The molecule has 0 radical (unpaired) electrons. The summed E-state index contributed by atoms with van der Waals surface area (Å²) in [4.78, 5) is 45.7. The van der Waals surface area contributed by atoms with Gasteiger partial charge < -0.3 is 20.1 Å². The number of H-pyrrole nitrogens is 1. The highest BCUT2D eigenvalue weighted by Crippen LogP contribution is 2.35. The first-order valence-corrected chi connectivity index (χ1v) is 10.8. The summed E-state index contributed by atoms with van der Waals surface area (Å²) in [6.07, 6.45) is 6.84. The summed E-state index contributed by atoms with van der Waals surface area (Å²) < 4.78 is 0. The number of anilines is 1. The Morgan fingerprint density at radius 2 is 1.91 bits per heavy atom. The summed E-state index contributed by atoms with van der Waals surface area (Å²) in [5.41, 5.74) is 3.22. The van der Waals surface area contributed by atoms with Crippen molar-refractivity contribution in [2.24, 2.45) is 0 Å². The van der Waals surface area contributed by atoms with E-state index in [1.165, 1.54) is 5.56 Å². The van der Waals surface area contributed by atoms with Crippen LogP contribution in [-0.2, 0) is 16.1 Å². The second kappa shape index (κ2) is 9.62. The van der Waals surface area contributed by atoms with Crippen molar-refractivity contribution in [1.82, 2.24) is 25.2 Å². The Morgan fingerprint density at radius 1 is 1.12 bits per heavy atom. The average Bonchev–Trinajstić information content (AvgIpc) is 3.46. The molecular formula is C23H26N6O3. The van der Waals surface area contributed by atoms with Crippen molar-refractivity contribution in [2.75, 3.05) is 18.0 Å². The molecule has 9 heteroatoms. The molecule has 2 aliphatic rings. The van der Waals surface area contributed by atoms with Crippen LogP contribution in [0.15, 0.2) is 42.9 Å². The Labute approximate surface area is 185 Å². The topological polar surface area (TPSA) is 111 Å². The van der Waals surface area contributed by atoms with Gasteiger partial charge in [0.05, 0.1) is 17.5 Å². The number of aromatic nitrogens is 3. The third kappa shape index (κ3) is 4.33. The molecule has 2 N–H and O–H groups in total. The molecule has 9 nitrogen and oxygen atoms in total. The van der Waals surface area contributed by atoms with E-state index in [0.29, 0.717) is 12.6 Å². The molecule has 2 aromatic heterocycles. The number of aromatic amines is 1. The third-order valence-electron chi connectivity index (χ3n) is 6.24. The van der Waals surface area contributed by atoms with Crippen molar-refractivity contribution < 1.29 is 14.4 Å². The van der Waals surface area contributed by atoms with Crippen LogP contribution in [0.2, 0.25) is 0 Å². The van der Waals surface area contributed by atoms with Gasteiger partial charge in [-0.05, 0) is 37.8 Å². The predicted octanol–water partition coefficient (Wildman–Crippen LogP) is 2.64. The third-order valence-corrected chi connectivity index (χ3v) is 6.24. The monoisotopic (exact) mass is 434 g/mol. The van der Waals surface area contributed by atoms with Gasteiger partial charge in [0.15, 0.2) is 0 Å². The number of nitrogens with one attached hydrogen (secondary N) is 2. The van der Waals surface area contributed by atoms with Crippen molar-refractivity contribution in [1.29, 1.82) is 0 Å². The lowest BCUT2D eigenvalue weighted by Gasteiger charge is -2.40. The molecule has 2 atom stereocenters. The molecule has 166 valence electrons. The maximum atomic E-state index is 13.0. The summed E-state index contributed by atoms with van der Waals surface area (Å²) in [6.45, 7) is 4.36. The summed E-state index contributed by atoms with van der Waals surface area (Å²) in [5.74, 6) is 0.977. The van der Waals surface area contributed by atoms with Crippen LogP contribution in [0.1, 0.15) is 30.4 Å². The zero-order valence-electron chi connectivity index (χ0n) is 18.0. The van der Waals surface area contributed by atoms with Gasteiger partial charge in [0.1, 0.15) is 17.8 Å².